The van der Waals surface area contributed by atoms with Crippen LogP contribution in [0.2, 0.25) is 0 Å². The third-order valence-electron chi connectivity index (χ3n) is 6.15. The number of pyridine rings is 1. The molecule has 1 aromatic heterocycles. The molecule has 1 aliphatic carbocycles. The van der Waals surface area contributed by atoms with Gasteiger partial charge in [-0.3, -0.25) is 19.4 Å². The summed E-state index contributed by atoms with van der Waals surface area (Å²) in [5, 5.41) is 3.83. The van der Waals surface area contributed by atoms with Crippen molar-refractivity contribution < 1.29 is 14.4 Å². The molecule has 2 unspecified atom stereocenters. The lowest BCUT2D eigenvalue weighted by atomic mass is 9.78. The first-order chi connectivity index (χ1) is 15.0. The van der Waals surface area contributed by atoms with Gasteiger partial charge in [0.25, 0.3) is 5.91 Å². The van der Waals surface area contributed by atoms with Gasteiger partial charge in [-0.1, -0.05) is 30.4 Å². The molecule has 1 saturated carbocycles. The fourth-order valence-corrected chi connectivity index (χ4v) is 4.60. The number of carbonyl (C=O) groups excluding carboxylic acids is 3. The number of carbonyl (C=O) groups is 3. The van der Waals surface area contributed by atoms with Crippen LogP contribution in [-0.4, -0.2) is 22.7 Å². The zero-order chi connectivity index (χ0) is 21.5. The number of hydrogen-bond donors (Lipinski definition) is 1. The molecule has 154 valence electrons. The van der Waals surface area contributed by atoms with Crippen LogP contribution in [0.1, 0.15) is 29.6 Å². The molecule has 3 aromatic rings. The maximum Gasteiger partial charge on any atom is 0.255 e. The summed E-state index contributed by atoms with van der Waals surface area (Å²) in [6.07, 6.45) is 4.07. The van der Waals surface area contributed by atoms with Crippen molar-refractivity contribution in [2.75, 3.05) is 10.2 Å². The van der Waals surface area contributed by atoms with Crippen LogP contribution in [0.4, 0.5) is 11.4 Å². The van der Waals surface area contributed by atoms with E-state index in [1.165, 1.54) is 4.90 Å². The minimum Gasteiger partial charge on any atom is -0.320 e. The van der Waals surface area contributed by atoms with Gasteiger partial charge < -0.3 is 5.32 Å². The highest BCUT2D eigenvalue weighted by Gasteiger charge is 2.50. The SMILES string of the molecule is C=C1CCCC2C(=O)N(c3ccc(C(=O)Nc4cccc5cccnc45)cc3)C(=O)C12. The van der Waals surface area contributed by atoms with Gasteiger partial charge >= 0.3 is 0 Å². The van der Waals surface area contributed by atoms with Gasteiger partial charge in [0.2, 0.25) is 11.8 Å². The first-order valence-corrected chi connectivity index (χ1v) is 10.4. The third kappa shape index (κ3) is 3.20. The Labute approximate surface area is 179 Å². The van der Waals surface area contributed by atoms with Crippen LogP contribution in [0.15, 0.2) is 72.9 Å². The van der Waals surface area contributed by atoms with Crippen molar-refractivity contribution in [1.29, 1.82) is 0 Å². The van der Waals surface area contributed by atoms with Gasteiger partial charge in [0, 0.05) is 17.1 Å². The zero-order valence-corrected chi connectivity index (χ0v) is 16.9. The molecule has 0 radical (unpaired) electrons. The molecule has 2 fully saturated rings. The molecular formula is C25H21N3O3. The van der Waals surface area contributed by atoms with Crippen LogP contribution in [0, 0.1) is 11.8 Å². The van der Waals surface area contributed by atoms with Gasteiger partial charge in [0.1, 0.15) is 0 Å². The van der Waals surface area contributed by atoms with E-state index < -0.39 is 5.92 Å². The number of rotatable bonds is 3. The molecule has 1 aliphatic heterocycles. The highest BCUT2D eigenvalue weighted by Crippen LogP contribution is 2.42. The van der Waals surface area contributed by atoms with E-state index in [-0.39, 0.29) is 23.6 Å². The number of para-hydroxylation sites is 1. The fourth-order valence-electron chi connectivity index (χ4n) is 4.60. The van der Waals surface area contributed by atoms with Gasteiger partial charge in [0.05, 0.1) is 28.7 Å². The van der Waals surface area contributed by atoms with E-state index in [1.54, 1.807) is 36.5 Å². The van der Waals surface area contributed by atoms with E-state index in [0.29, 0.717) is 28.9 Å². The number of imide groups is 1. The molecule has 2 heterocycles. The van der Waals surface area contributed by atoms with Gasteiger partial charge in [0.15, 0.2) is 0 Å². The quantitative estimate of drug-likeness (QED) is 0.514. The van der Waals surface area contributed by atoms with Crippen molar-refractivity contribution in [3.05, 3.63) is 78.5 Å². The molecule has 1 N–H and O–H groups in total. The van der Waals surface area contributed by atoms with Crippen molar-refractivity contribution in [3.63, 3.8) is 0 Å². The molecule has 6 nitrogen and oxygen atoms in total. The Balaban J connectivity index is 1.37. The molecule has 2 atom stereocenters. The predicted molar refractivity (Wildman–Crippen MR) is 119 cm³/mol. The van der Waals surface area contributed by atoms with Crippen LogP contribution >= 0.6 is 0 Å². The van der Waals surface area contributed by atoms with E-state index in [2.05, 4.69) is 16.9 Å². The smallest absolute Gasteiger partial charge is 0.255 e. The van der Waals surface area contributed by atoms with Gasteiger partial charge in [-0.25, -0.2) is 4.90 Å². The summed E-state index contributed by atoms with van der Waals surface area (Å²) in [7, 11) is 0. The maximum absolute atomic E-state index is 12.9. The Morgan fingerprint density at radius 1 is 1.03 bits per heavy atom. The second-order valence-electron chi connectivity index (χ2n) is 8.03. The lowest BCUT2D eigenvalue weighted by molar-refractivity contribution is -0.122. The molecule has 2 aliphatic rings. The largest absolute Gasteiger partial charge is 0.320 e. The average Bonchev–Trinajstić information content (AvgIpc) is 3.05. The second kappa shape index (κ2) is 7.47. The molecule has 0 bridgehead atoms. The van der Waals surface area contributed by atoms with E-state index in [0.717, 1.165) is 23.8 Å². The van der Waals surface area contributed by atoms with Crippen molar-refractivity contribution >= 4 is 40.0 Å². The lowest BCUT2D eigenvalue weighted by Gasteiger charge is -2.22. The molecular weight excluding hydrogens is 390 g/mol. The van der Waals surface area contributed by atoms with Crippen molar-refractivity contribution in [3.8, 4) is 0 Å². The number of benzene rings is 2. The molecule has 31 heavy (non-hydrogen) atoms. The molecule has 6 heteroatoms. The summed E-state index contributed by atoms with van der Waals surface area (Å²) in [5.74, 6) is -1.39. The topological polar surface area (TPSA) is 79.4 Å². The number of anilines is 2. The van der Waals surface area contributed by atoms with Gasteiger partial charge in [-0.2, -0.15) is 0 Å². The summed E-state index contributed by atoms with van der Waals surface area (Å²) >= 11 is 0. The molecule has 3 amide bonds. The maximum atomic E-state index is 12.9. The molecule has 0 spiro atoms. The van der Waals surface area contributed by atoms with E-state index >= 15 is 0 Å². The minimum atomic E-state index is -0.414. The monoisotopic (exact) mass is 411 g/mol. The van der Waals surface area contributed by atoms with Gasteiger partial charge in [-0.05, 0) is 55.7 Å². The summed E-state index contributed by atoms with van der Waals surface area (Å²) in [4.78, 5) is 44.1. The first-order valence-electron chi connectivity index (χ1n) is 10.4. The van der Waals surface area contributed by atoms with Crippen LogP contribution in [0.5, 0.6) is 0 Å². The van der Waals surface area contributed by atoms with Gasteiger partial charge in [-0.15, -0.1) is 0 Å². The summed E-state index contributed by atoms with van der Waals surface area (Å²) in [6.45, 7) is 4.01. The number of nitrogens with one attached hydrogen (secondary N) is 1. The normalized spacial score (nSPS) is 20.8. The Bertz CT molecular complexity index is 1230. The first kappa shape index (κ1) is 19.2. The lowest BCUT2D eigenvalue weighted by Crippen LogP contribution is -2.31. The van der Waals surface area contributed by atoms with Crippen molar-refractivity contribution in [2.45, 2.75) is 19.3 Å². The fraction of sp³-hybridized carbons (Fsp3) is 0.200. The van der Waals surface area contributed by atoms with E-state index in [4.69, 9.17) is 0 Å². The highest BCUT2D eigenvalue weighted by atomic mass is 16.2. The Morgan fingerprint density at radius 2 is 1.81 bits per heavy atom. The number of fused-ring (bicyclic) bond motifs is 2. The van der Waals surface area contributed by atoms with Crippen LogP contribution in [0.25, 0.3) is 10.9 Å². The van der Waals surface area contributed by atoms with Crippen molar-refractivity contribution in [2.24, 2.45) is 11.8 Å². The van der Waals surface area contributed by atoms with Crippen molar-refractivity contribution in [1.82, 2.24) is 4.98 Å². The van der Waals surface area contributed by atoms with E-state index in [9.17, 15) is 14.4 Å². The second-order valence-corrected chi connectivity index (χ2v) is 8.03. The molecule has 1 saturated heterocycles. The third-order valence-corrected chi connectivity index (χ3v) is 6.15. The minimum absolute atomic E-state index is 0.171. The number of aromatic nitrogens is 1. The Hall–Kier alpha value is -3.80. The summed E-state index contributed by atoms with van der Waals surface area (Å²) in [5.41, 5.74) is 3.10. The Morgan fingerprint density at radius 3 is 2.58 bits per heavy atom. The summed E-state index contributed by atoms with van der Waals surface area (Å²) < 4.78 is 0. The highest BCUT2D eigenvalue weighted by molar-refractivity contribution is 6.23. The molecule has 5 rings (SSSR count). The van der Waals surface area contributed by atoms with Crippen LogP contribution in [0.3, 0.4) is 0 Å². The Kier molecular flexibility index (Phi) is 4.62. The average molecular weight is 411 g/mol. The standard InChI is InChI=1S/C25H21N3O3/c1-15-5-2-8-19-21(15)25(31)28(24(19)30)18-12-10-17(11-13-18)23(29)27-20-9-3-6-16-7-4-14-26-22(16)20/h3-4,6-7,9-14,19,21H,1-2,5,8H2,(H,27,29). The van der Waals surface area contributed by atoms with E-state index in [1.807, 2.05) is 24.3 Å². The number of nitrogens with zero attached hydrogens (tertiary/aromatic N) is 2. The van der Waals surface area contributed by atoms with Crippen LogP contribution < -0.4 is 10.2 Å². The summed E-state index contributed by atoms with van der Waals surface area (Å²) in [6, 6.07) is 15.9. The zero-order valence-electron chi connectivity index (χ0n) is 16.9. The predicted octanol–water partition coefficient (Wildman–Crippen LogP) is 4.33. The number of hydrogen-bond acceptors (Lipinski definition) is 4. The van der Waals surface area contributed by atoms with Crippen LogP contribution in [-0.2, 0) is 9.59 Å². The number of amides is 3. The molecule has 2 aromatic carbocycles.